The molecule has 0 radical (unpaired) electrons. The van der Waals surface area contributed by atoms with Crippen molar-refractivity contribution in [1.82, 2.24) is 4.90 Å². The number of ether oxygens (including phenoxy) is 1. The number of carbonyl (C=O) groups excluding carboxylic acids is 2. The quantitative estimate of drug-likeness (QED) is 0.179. The fraction of sp³-hybridized carbons (Fsp3) is 0.0435. The lowest BCUT2D eigenvalue weighted by Gasteiger charge is -2.14. The minimum Gasteiger partial charge on any atom is -0.450 e. The highest BCUT2D eigenvalue weighted by Gasteiger charge is 2.35. The van der Waals surface area contributed by atoms with E-state index in [9.17, 15) is 29.8 Å². The Morgan fingerprint density at radius 2 is 1.64 bits per heavy atom. The van der Waals surface area contributed by atoms with Crippen molar-refractivity contribution in [3.05, 3.63) is 107 Å². The molecule has 1 aliphatic rings. The number of carbonyl (C=O) groups is 2. The summed E-state index contributed by atoms with van der Waals surface area (Å²) in [6.45, 7) is -0.0898. The fourth-order valence-corrected chi connectivity index (χ4v) is 4.63. The van der Waals surface area contributed by atoms with Crippen molar-refractivity contribution in [2.45, 2.75) is 6.54 Å². The molecular formula is C23H13Cl2N3O7S. The largest absolute Gasteiger partial charge is 0.450 e. The highest BCUT2D eigenvalue weighted by Crippen LogP contribution is 2.37. The van der Waals surface area contributed by atoms with Crippen LogP contribution in [0.4, 0.5) is 16.2 Å². The Morgan fingerprint density at radius 3 is 2.31 bits per heavy atom. The lowest BCUT2D eigenvalue weighted by Crippen LogP contribution is -2.27. The maximum absolute atomic E-state index is 12.9. The summed E-state index contributed by atoms with van der Waals surface area (Å²) in [4.78, 5) is 47.3. The van der Waals surface area contributed by atoms with E-state index in [4.69, 9.17) is 27.9 Å². The molecule has 0 N–H and O–H groups in total. The lowest BCUT2D eigenvalue weighted by molar-refractivity contribution is -0.394. The zero-order chi connectivity index (χ0) is 26.0. The van der Waals surface area contributed by atoms with Gasteiger partial charge >= 0.3 is 5.69 Å². The number of imide groups is 1. The first-order valence-electron chi connectivity index (χ1n) is 10.0. The lowest BCUT2D eigenvalue weighted by atomic mass is 10.2. The van der Waals surface area contributed by atoms with Crippen molar-refractivity contribution in [3.63, 3.8) is 0 Å². The van der Waals surface area contributed by atoms with E-state index in [2.05, 4.69) is 0 Å². The molecule has 1 aliphatic heterocycles. The Morgan fingerprint density at radius 1 is 0.944 bits per heavy atom. The molecule has 36 heavy (non-hydrogen) atoms. The number of hydrogen-bond acceptors (Lipinski definition) is 8. The normalized spacial score (nSPS) is 14.4. The van der Waals surface area contributed by atoms with Crippen molar-refractivity contribution in [2.24, 2.45) is 0 Å². The average Bonchev–Trinajstić information content (AvgIpc) is 3.08. The molecule has 0 unspecified atom stereocenters. The van der Waals surface area contributed by atoms with Gasteiger partial charge in [-0.1, -0.05) is 41.4 Å². The molecule has 0 aliphatic carbocycles. The Labute approximate surface area is 217 Å². The average molecular weight is 546 g/mol. The second-order valence-corrected chi connectivity index (χ2v) is 9.12. The van der Waals surface area contributed by atoms with Crippen LogP contribution in [0.15, 0.2) is 65.6 Å². The fourth-order valence-electron chi connectivity index (χ4n) is 3.27. The van der Waals surface area contributed by atoms with Gasteiger partial charge in [-0.3, -0.25) is 34.7 Å². The third-order valence-electron chi connectivity index (χ3n) is 4.99. The zero-order valence-electron chi connectivity index (χ0n) is 17.9. The van der Waals surface area contributed by atoms with Gasteiger partial charge in [0.05, 0.1) is 27.4 Å². The van der Waals surface area contributed by atoms with Gasteiger partial charge in [0, 0.05) is 21.7 Å². The molecule has 0 saturated carbocycles. The molecule has 182 valence electrons. The smallest absolute Gasteiger partial charge is 0.318 e. The minimum atomic E-state index is -0.784. The van der Waals surface area contributed by atoms with Gasteiger partial charge in [-0.15, -0.1) is 0 Å². The monoisotopic (exact) mass is 545 g/mol. The summed E-state index contributed by atoms with van der Waals surface area (Å²) in [6.07, 6.45) is 1.48. The van der Waals surface area contributed by atoms with Crippen molar-refractivity contribution in [2.75, 3.05) is 0 Å². The summed E-state index contributed by atoms with van der Waals surface area (Å²) in [5.41, 5.74) is -0.0895. The van der Waals surface area contributed by atoms with E-state index < -0.39 is 32.4 Å². The van der Waals surface area contributed by atoms with Crippen LogP contribution < -0.4 is 4.74 Å². The topological polar surface area (TPSA) is 133 Å². The Kier molecular flexibility index (Phi) is 7.25. The zero-order valence-corrected chi connectivity index (χ0v) is 20.2. The van der Waals surface area contributed by atoms with Crippen LogP contribution in [-0.4, -0.2) is 25.9 Å². The number of rotatable bonds is 7. The van der Waals surface area contributed by atoms with Crippen LogP contribution in [0.3, 0.4) is 0 Å². The van der Waals surface area contributed by atoms with Gasteiger partial charge in [0.25, 0.3) is 16.8 Å². The molecule has 1 saturated heterocycles. The van der Waals surface area contributed by atoms with Crippen molar-refractivity contribution in [3.8, 4) is 11.5 Å². The van der Waals surface area contributed by atoms with Crippen molar-refractivity contribution in [1.29, 1.82) is 0 Å². The third kappa shape index (κ3) is 5.33. The molecule has 3 aromatic carbocycles. The van der Waals surface area contributed by atoms with Crippen LogP contribution in [0.5, 0.6) is 11.5 Å². The molecular weight excluding hydrogens is 533 g/mol. The Balaban J connectivity index is 1.57. The van der Waals surface area contributed by atoms with Crippen molar-refractivity contribution < 1.29 is 24.2 Å². The number of halogens is 2. The van der Waals surface area contributed by atoms with Crippen LogP contribution in [-0.2, 0) is 11.3 Å². The van der Waals surface area contributed by atoms with Crippen LogP contribution in [0.25, 0.3) is 6.08 Å². The molecule has 1 fully saturated rings. The molecule has 0 atom stereocenters. The number of amides is 2. The Hall–Kier alpha value is -3.93. The van der Waals surface area contributed by atoms with E-state index in [1.165, 1.54) is 18.2 Å². The molecule has 0 bridgehead atoms. The molecule has 4 rings (SSSR count). The van der Waals surface area contributed by atoms with Crippen molar-refractivity contribution >= 4 is 63.6 Å². The van der Waals surface area contributed by atoms with E-state index >= 15 is 0 Å². The van der Waals surface area contributed by atoms with Crippen LogP contribution in [0, 0.1) is 20.2 Å². The van der Waals surface area contributed by atoms with Crippen LogP contribution in [0.2, 0.25) is 10.0 Å². The molecule has 3 aromatic rings. The van der Waals surface area contributed by atoms with Crippen LogP contribution >= 0.6 is 35.0 Å². The maximum Gasteiger partial charge on any atom is 0.318 e. The number of nitro benzene ring substituents is 2. The molecule has 2 amide bonds. The number of nitro groups is 2. The van der Waals surface area contributed by atoms with Gasteiger partial charge in [-0.25, -0.2) is 0 Å². The predicted molar refractivity (Wildman–Crippen MR) is 134 cm³/mol. The first-order valence-corrected chi connectivity index (χ1v) is 11.6. The summed E-state index contributed by atoms with van der Waals surface area (Å²) in [5, 5.41) is 22.5. The second-order valence-electron chi connectivity index (χ2n) is 7.31. The SMILES string of the molecule is O=C1S/C(=C\c2cccc(Oc3ccc([N+](=O)[O-])cc3[N+](=O)[O-])c2)C(=O)N1Cc1c(Cl)cccc1Cl. The highest BCUT2D eigenvalue weighted by atomic mass is 35.5. The molecule has 1 heterocycles. The third-order valence-corrected chi connectivity index (χ3v) is 6.60. The van der Waals surface area contributed by atoms with E-state index in [-0.39, 0.29) is 22.9 Å². The number of benzene rings is 3. The van der Waals surface area contributed by atoms with E-state index in [0.29, 0.717) is 21.2 Å². The minimum absolute atomic E-state index is 0.0898. The van der Waals surface area contributed by atoms with Gasteiger partial charge in [-0.05, 0) is 53.7 Å². The van der Waals surface area contributed by atoms with E-state index in [1.54, 1.807) is 30.3 Å². The standard InChI is InChI=1S/C23H13Cl2N3O7S/c24-17-5-2-6-18(25)16(17)12-26-22(29)21(36-23(26)30)10-13-3-1-4-15(9-13)35-20-8-7-14(27(31)32)11-19(20)28(33)34/h1-11H,12H2/b21-10-. The molecule has 13 heteroatoms. The summed E-state index contributed by atoms with van der Waals surface area (Å²) < 4.78 is 5.59. The van der Waals surface area contributed by atoms with E-state index in [0.717, 1.165) is 34.9 Å². The van der Waals surface area contributed by atoms with Gasteiger partial charge in [0.1, 0.15) is 5.75 Å². The number of nitrogens with zero attached hydrogens (tertiary/aromatic N) is 3. The molecule has 10 nitrogen and oxygen atoms in total. The first-order chi connectivity index (χ1) is 17.1. The first kappa shape index (κ1) is 25.2. The van der Waals surface area contributed by atoms with Gasteiger partial charge in [0.2, 0.25) is 5.75 Å². The highest BCUT2D eigenvalue weighted by molar-refractivity contribution is 8.18. The number of hydrogen-bond donors (Lipinski definition) is 0. The number of non-ortho nitro benzene ring substituents is 1. The van der Waals surface area contributed by atoms with Gasteiger partial charge in [0.15, 0.2) is 0 Å². The predicted octanol–water partition coefficient (Wildman–Crippen LogP) is 6.84. The van der Waals surface area contributed by atoms with Gasteiger partial charge < -0.3 is 4.74 Å². The van der Waals surface area contributed by atoms with Gasteiger partial charge in [-0.2, -0.15) is 0 Å². The van der Waals surface area contributed by atoms with E-state index in [1.807, 2.05) is 0 Å². The summed E-state index contributed by atoms with van der Waals surface area (Å²) in [5.74, 6) is -0.541. The Bertz CT molecular complexity index is 1440. The number of thioether (sulfide) groups is 1. The summed E-state index contributed by atoms with van der Waals surface area (Å²) >= 11 is 13.1. The summed E-state index contributed by atoms with van der Waals surface area (Å²) in [6, 6.07) is 14.2. The maximum atomic E-state index is 12.9. The molecule has 0 spiro atoms. The molecule has 0 aromatic heterocycles. The second kappa shape index (κ2) is 10.4. The van der Waals surface area contributed by atoms with Crippen LogP contribution in [0.1, 0.15) is 11.1 Å². The summed E-state index contributed by atoms with van der Waals surface area (Å²) in [7, 11) is 0.